The Balaban J connectivity index is 2.14. The van der Waals surface area contributed by atoms with Crippen LogP contribution in [0.2, 0.25) is 10.0 Å². The molecule has 7 nitrogen and oxygen atoms in total. The van der Waals surface area contributed by atoms with Crippen LogP contribution in [0.1, 0.15) is 25.8 Å². The van der Waals surface area contributed by atoms with Gasteiger partial charge >= 0.3 is 17.8 Å². The van der Waals surface area contributed by atoms with Gasteiger partial charge in [0.2, 0.25) is 0 Å². The Morgan fingerprint density at radius 2 is 1.72 bits per heavy atom. The third kappa shape index (κ3) is 7.82. The summed E-state index contributed by atoms with van der Waals surface area (Å²) in [7, 11) is 0. The largest absolute Gasteiger partial charge is 0.479 e. The highest BCUT2D eigenvalue weighted by Crippen LogP contribution is 2.30. The fraction of sp³-hybridized carbons (Fsp3) is 0.348. The second kappa shape index (κ2) is 11.9. The van der Waals surface area contributed by atoms with E-state index in [2.05, 4.69) is 5.32 Å². The number of benzene rings is 2. The van der Waals surface area contributed by atoms with Gasteiger partial charge in [-0.1, -0.05) is 61.3 Å². The molecule has 0 saturated carbocycles. The van der Waals surface area contributed by atoms with Gasteiger partial charge in [-0.3, -0.25) is 4.79 Å². The molecule has 0 aliphatic rings. The Morgan fingerprint density at radius 1 is 1.06 bits per heavy atom. The van der Waals surface area contributed by atoms with Crippen molar-refractivity contribution >= 4 is 41.0 Å². The maximum Gasteiger partial charge on any atom is 0.396 e. The third-order valence-electron chi connectivity index (χ3n) is 4.54. The highest BCUT2D eigenvalue weighted by molar-refractivity contribution is 6.35. The molecule has 172 valence electrons. The average molecular weight is 482 g/mol. The maximum absolute atomic E-state index is 12.2. The van der Waals surface area contributed by atoms with Crippen LogP contribution in [0.25, 0.3) is 11.1 Å². The van der Waals surface area contributed by atoms with Gasteiger partial charge in [0.1, 0.15) is 0 Å². The van der Waals surface area contributed by atoms with E-state index in [4.69, 9.17) is 33.0 Å². The zero-order valence-electron chi connectivity index (χ0n) is 17.7. The van der Waals surface area contributed by atoms with E-state index >= 15 is 0 Å². The highest BCUT2D eigenvalue weighted by atomic mass is 35.5. The van der Waals surface area contributed by atoms with Gasteiger partial charge in [0.25, 0.3) is 0 Å². The van der Waals surface area contributed by atoms with Crippen molar-refractivity contribution in [3.05, 3.63) is 58.1 Å². The number of rotatable bonds is 9. The number of carbonyl (C=O) groups is 3. The molecular weight excluding hydrogens is 457 g/mol. The van der Waals surface area contributed by atoms with Crippen LogP contribution in [0.4, 0.5) is 0 Å². The summed E-state index contributed by atoms with van der Waals surface area (Å²) < 4.78 is 4.90. The smallest absolute Gasteiger partial charge is 0.396 e. The van der Waals surface area contributed by atoms with Crippen LogP contribution in [0.3, 0.4) is 0 Å². The van der Waals surface area contributed by atoms with E-state index in [1.165, 1.54) is 0 Å². The monoisotopic (exact) mass is 481 g/mol. The summed E-state index contributed by atoms with van der Waals surface area (Å²) in [5, 5.41) is 22.3. The second-order valence-corrected chi connectivity index (χ2v) is 8.62. The van der Waals surface area contributed by atoms with Gasteiger partial charge in [-0.25, -0.2) is 9.59 Å². The van der Waals surface area contributed by atoms with Gasteiger partial charge in [-0.2, -0.15) is 0 Å². The lowest BCUT2D eigenvalue weighted by Crippen LogP contribution is -2.44. The van der Waals surface area contributed by atoms with Crippen molar-refractivity contribution in [3.8, 4) is 11.1 Å². The van der Waals surface area contributed by atoms with Gasteiger partial charge in [0.15, 0.2) is 6.10 Å². The minimum absolute atomic E-state index is 0.0582. The van der Waals surface area contributed by atoms with Crippen LogP contribution in [-0.2, 0) is 25.5 Å². The predicted octanol–water partition coefficient (Wildman–Crippen LogP) is 3.72. The van der Waals surface area contributed by atoms with Crippen LogP contribution in [0, 0.1) is 5.92 Å². The number of carboxylic acid groups (broad SMARTS) is 1. The number of carboxylic acids is 1. The van der Waals surface area contributed by atoms with E-state index < -0.39 is 30.0 Å². The zero-order chi connectivity index (χ0) is 23.8. The van der Waals surface area contributed by atoms with E-state index in [9.17, 15) is 19.5 Å². The van der Waals surface area contributed by atoms with Crippen molar-refractivity contribution in [1.29, 1.82) is 0 Å². The number of hydrogen-bond donors (Lipinski definition) is 3. The van der Waals surface area contributed by atoms with Crippen molar-refractivity contribution < 1.29 is 29.3 Å². The predicted molar refractivity (Wildman–Crippen MR) is 122 cm³/mol. The number of hydrogen-bond acceptors (Lipinski definition) is 5. The van der Waals surface area contributed by atoms with Crippen LogP contribution in [-0.4, -0.2) is 46.8 Å². The first-order valence-corrected chi connectivity index (χ1v) is 10.7. The number of amides is 1. The first kappa shape index (κ1) is 25.6. The molecule has 2 aromatic rings. The van der Waals surface area contributed by atoms with Crippen LogP contribution in [0.15, 0.2) is 42.5 Å². The fourth-order valence-electron chi connectivity index (χ4n) is 2.94. The number of halogens is 2. The van der Waals surface area contributed by atoms with Gasteiger partial charge in [-0.05, 0) is 41.7 Å². The molecule has 3 N–H and O–H groups in total. The standard InChI is InChI=1S/C23H25Cl2NO6/c1-13(2)12-32-23(31)21(28)26-17(11-20(27)22(29)30)9-14-3-5-15(6-4-14)18-10-16(24)7-8-19(18)25/h3-8,10,13,17,20,27H,9,11-12H2,1-2H3,(H,26,28)(H,29,30)/t17-,20-/m1/s1. The van der Waals surface area contributed by atoms with E-state index in [0.717, 1.165) is 16.7 Å². The third-order valence-corrected chi connectivity index (χ3v) is 5.10. The molecule has 2 rings (SSSR count). The molecule has 32 heavy (non-hydrogen) atoms. The summed E-state index contributed by atoms with van der Waals surface area (Å²) in [6.45, 7) is 3.75. The number of aliphatic carboxylic acids is 1. The topological polar surface area (TPSA) is 113 Å². The van der Waals surface area contributed by atoms with Crippen molar-refractivity contribution in [2.45, 2.75) is 38.8 Å². The first-order chi connectivity index (χ1) is 15.1. The summed E-state index contributed by atoms with van der Waals surface area (Å²) >= 11 is 12.3. The minimum atomic E-state index is -1.70. The molecule has 0 aliphatic heterocycles. The van der Waals surface area contributed by atoms with Crippen molar-refractivity contribution in [3.63, 3.8) is 0 Å². The molecule has 9 heteroatoms. The summed E-state index contributed by atoms with van der Waals surface area (Å²) in [5.74, 6) is -3.41. The first-order valence-electron chi connectivity index (χ1n) is 9.99. The number of esters is 1. The summed E-state index contributed by atoms with van der Waals surface area (Å²) in [4.78, 5) is 35.1. The van der Waals surface area contributed by atoms with E-state index in [1.54, 1.807) is 30.3 Å². The van der Waals surface area contributed by atoms with E-state index in [0.29, 0.717) is 10.0 Å². The van der Waals surface area contributed by atoms with Crippen LogP contribution >= 0.6 is 23.2 Å². The molecule has 0 fully saturated rings. The van der Waals surface area contributed by atoms with Gasteiger partial charge in [-0.15, -0.1) is 0 Å². The minimum Gasteiger partial charge on any atom is -0.479 e. The molecule has 0 aromatic heterocycles. The fourth-order valence-corrected chi connectivity index (χ4v) is 3.34. The average Bonchev–Trinajstić information content (AvgIpc) is 2.74. The Kier molecular flexibility index (Phi) is 9.50. The number of ether oxygens (including phenoxy) is 1. The molecule has 0 unspecified atom stereocenters. The second-order valence-electron chi connectivity index (χ2n) is 7.78. The molecule has 0 radical (unpaired) electrons. The molecule has 0 aliphatic carbocycles. The molecular formula is C23H25Cl2NO6. The zero-order valence-corrected chi connectivity index (χ0v) is 19.2. The van der Waals surface area contributed by atoms with E-state index in [-0.39, 0.29) is 25.4 Å². The van der Waals surface area contributed by atoms with E-state index in [1.807, 2.05) is 26.0 Å². The molecule has 0 saturated heterocycles. The van der Waals surface area contributed by atoms with Gasteiger partial charge in [0, 0.05) is 28.1 Å². The lowest BCUT2D eigenvalue weighted by molar-refractivity contribution is -0.156. The van der Waals surface area contributed by atoms with Crippen molar-refractivity contribution in [2.75, 3.05) is 6.61 Å². The normalized spacial score (nSPS) is 12.8. The molecule has 1 amide bonds. The number of carbonyl (C=O) groups excluding carboxylic acids is 2. The van der Waals surface area contributed by atoms with Gasteiger partial charge < -0.3 is 20.3 Å². The van der Waals surface area contributed by atoms with Crippen LogP contribution in [0.5, 0.6) is 0 Å². The maximum atomic E-state index is 12.2. The Morgan fingerprint density at radius 3 is 2.31 bits per heavy atom. The van der Waals surface area contributed by atoms with Crippen molar-refractivity contribution in [1.82, 2.24) is 5.32 Å². The van der Waals surface area contributed by atoms with Crippen molar-refractivity contribution in [2.24, 2.45) is 5.92 Å². The molecule has 0 spiro atoms. The number of aliphatic hydroxyl groups excluding tert-OH is 1. The summed E-state index contributed by atoms with van der Waals surface area (Å²) in [5.41, 5.74) is 2.33. The lowest BCUT2D eigenvalue weighted by atomic mass is 9.97. The Bertz CT molecular complexity index is 961. The quantitative estimate of drug-likeness (QED) is 0.371. The number of aliphatic hydroxyl groups is 1. The summed E-state index contributed by atoms with van der Waals surface area (Å²) in [6, 6.07) is 11.5. The molecule has 0 heterocycles. The molecule has 0 bridgehead atoms. The Hall–Kier alpha value is -2.61. The van der Waals surface area contributed by atoms with Crippen LogP contribution < -0.4 is 5.32 Å². The number of nitrogens with one attached hydrogen (secondary N) is 1. The lowest BCUT2D eigenvalue weighted by Gasteiger charge is -2.20. The Labute approximate surface area is 196 Å². The highest BCUT2D eigenvalue weighted by Gasteiger charge is 2.25. The molecule has 2 atom stereocenters. The SMILES string of the molecule is CC(C)COC(=O)C(=O)N[C@H](Cc1ccc(-c2cc(Cl)ccc2Cl)cc1)C[C@@H](O)C(=O)O. The van der Waals surface area contributed by atoms with Gasteiger partial charge in [0.05, 0.1) is 6.61 Å². The summed E-state index contributed by atoms with van der Waals surface area (Å²) in [6.07, 6.45) is -1.78. The molecule has 2 aromatic carbocycles.